The molecule has 1 fully saturated rings. The molecule has 2 N–H and O–H groups in total. The second-order valence-corrected chi connectivity index (χ2v) is 6.48. The maximum absolute atomic E-state index is 12.3. The van der Waals surface area contributed by atoms with Gasteiger partial charge in [0.25, 0.3) is 0 Å². The molecule has 25 heavy (non-hydrogen) atoms. The summed E-state index contributed by atoms with van der Waals surface area (Å²) in [6.45, 7) is 1.14. The van der Waals surface area contributed by atoms with E-state index in [1.165, 1.54) is 4.90 Å². The number of rotatable bonds is 5. The van der Waals surface area contributed by atoms with Gasteiger partial charge in [0, 0.05) is 39.6 Å². The number of nitrogens with zero attached hydrogens (tertiary/aromatic N) is 2. The number of nitrogens with one attached hydrogen (secondary N) is 1. The summed E-state index contributed by atoms with van der Waals surface area (Å²) in [5.74, 6) is -2.05. The van der Waals surface area contributed by atoms with E-state index < -0.39 is 11.9 Å². The van der Waals surface area contributed by atoms with Crippen LogP contribution in [0.3, 0.4) is 0 Å². The van der Waals surface area contributed by atoms with Gasteiger partial charge >= 0.3 is 12.0 Å². The second kappa shape index (κ2) is 8.50. The zero-order valence-electron chi connectivity index (χ0n) is 14.6. The average molecular weight is 347 g/mol. The number of carboxylic acid groups (broad SMARTS) is 1. The number of amides is 3. The summed E-state index contributed by atoms with van der Waals surface area (Å²) in [6, 6.07) is 8.83. The molecule has 0 aromatic heterocycles. The van der Waals surface area contributed by atoms with Gasteiger partial charge < -0.3 is 20.2 Å². The highest BCUT2D eigenvalue weighted by Crippen LogP contribution is 2.19. The highest BCUT2D eigenvalue weighted by Gasteiger charge is 2.29. The molecule has 0 bridgehead atoms. The first-order chi connectivity index (χ1) is 11.9. The zero-order valence-corrected chi connectivity index (χ0v) is 14.6. The fourth-order valence-electron chi connectivity index (χ4n) is 3.00. The monoisotopic (exact) mass is 347 g/mol. The van der Waals surface area contributed by atoms with Gasteiger partial charge in [-0.15, -0.1) is 0 Å². The van der Waals surface area contributed by atoms with E-state index >= 15 is 0 Å². The molecule has 1 heterocycles. The van der Waals surface area contributed by atoms with Crippen LogP contribution < -0.4 is 5.32 Å². The summed E-state index contributed by atoms with van der Waals surface area (Å²) in [5, 5.41) is 12.2. The number of likely N-dealkylation sites (tertiary alicyclic amines) is 1. The van der Waals surface area contributed by atoms with Gasteiger partial charge in [0.1, 0.15) is 0 Å². The zero-order chi connectivity index (χ0) is 18.4. The normalized spacial score (nSPS) is 16.2. The molecule has 1 aliphatic heterocycles. The van der Waals surface area contributed by atoms with E-state index in [1.54, 1.807) is 43.3 Å². The molecule has 3 amide bonds. The van der Waals surface area contributed by atoms with E-state index in [2.05, 4.69) is 5.32 Å². The minimum atomic E-state index is -0.960. The molecule has 0 saturated carbocycles. The van der Waals surface area contributed by atoms with Crippen molar-refractivity contribution in [3.63, 3.8) is 0 Å². The van der Waals surface area contributed by atoms with Gasteiger partial charge in [-0.2, -0.15) is 0 Å². The summed E-state index contributed by atoms with van der Waals surface area (Å²) < 4.78 is 0. The molecule has 0 aliphatic carbocycles. The van der Waals surface area contributed by atoms with Gasteiger partial charge in [-0.25, -0.2) is 4.79 Å². The minimum Gasteiger partial charge on any atom is -0.481 e. The lowest BCUT2D eigenvalue weighted by Gasteiger charge is -2.33. The number of carbonyl (C=O) groups is 3. The van der Waals surface area contributed by atoms with Crippen LogP contribution in [0, 0.1) is 5.92 Å². The van der Waals surface area contributed by atoms with Crippen LogP contribution in [-0.4, -0.2) is 66.5 Å². The molecule has 1 aliphatic rings. The van der Waals surface area contributed by atoms with Crippen LogP contribution in [0.1, 0.15) is 24.3 Å². The van der Waals surface area contributed by atoms with Gasteiger partial charge in [-0.05, 0) is 18.4 Å². The number of hydrogen-bond donors (Lipinski definition) is 2. The number of carboxylic acids is 1. The Morgan fingerprint density at radius 1 is 1.20 bits per heavy atom. The van der Waals surface area contributed by atoms with E-state index in [-0.39, 0.29) is 24.4 Å². The summed E-state index contributed by atoms with van der Waals surface area (Å²) >= 11 is 0. The topological polar surface area (TPSA) is 90.0 Å². The van der Waals surface area contributed by atoms with Crippen LogP contribution in [0.5, 0.6) is 0 Å². The maximum atomic E-state index is 12.3. The quantitative estimate of drug-likeness (QED) is 0.842. The first-order valence-corrected chi connectivity index (χ1v) is 8.42. The SMILES string of the molecule is CN(C)C(=O)N1CCC(C(=O)NCC(C(=O)O)c2ccccc2)CC1. The van der Waals surface area contributed by atoms with Crippen molar-refractivity contribution in [1.82, 2.24) is 15.1 Å². The molecule has 1 atom stereocenters. The lowest BCUT2D eigenvalue weighted by Crippen LogP contribution is -2.47. The van der Waals surface area contributed by atoms with E-state index in [0.717, 1.165) is 0 Å². The largest absolute Gasteiger partial charge is 0.481 e. The van der Waals surface area contributed by atoms with E-state index in [4.69, 9.17) is 0 Å². The van der Waals surface area contributed by atoms with Gasteiger partial charge in [0.2, 0.25) is 5.91 Å². The highest BCUT2D eigenvalue weighted by atomic mass is 16.4. The van der Waals surface area contributed by atoms with Crippen LogP contribution in [0.15, 0.2) is 30.3 Å². The van der Waals surface area contributed by atoms with Crippen molar-refractivity contribution in [3.8, 4) is 0 Å². The number of urea groups is 1. The van der Waals surface area contributed by atoms with Gasteiger partial charge in [0.15, 0.2) is 0 Å². The van der Waals surface area contributed by atoms with Crippen LogP contribution in [-0.2, 0) is 9.59 Å². The molecule has 1 aromatic carbocycles. The molecule has 7 nitrogen and oxygen atoms in total. The summed E-state index contributed by atoms with van der Waals surface area (Å²) in [6.07, 6.45) is 1.18. The predicted octanol–water partition coefficient (Wildman–Crippen LogP) is 1.36. The third kappa shape index (κ3) is 4.95. The number of hydrogen-bond acceptors (Lipinski definition) is 3. The van der Waals surface area contributed by atoms with Crippen molar-refractivity contribution in [2.24, 2.45) is 5.92 Å². The van der Waals surface area contributed by atoms with Crippen molar-refractivity contribution in [2.45, 2.75) is 18.8 Å². The van der Waals surface area contributed by atoms with E-state index in [9.17, 15) is 19.5 Å². The Morgan fingerprint density at radius 3 is 2.32 bits per heavy atom. The predicted molar refractivity (Wildman–Crippen MR) is 93.2 cm³/mol. The van der Waals surface area contributed by atoms with Crippen LogP contribution in [0.25, 0.3) is 0 Å². The molecular formula is C18H25N3O4. The van der Waals surface area contributed by atoms with Gasteiger partial charge in [-0.3, -0.25) is 9.59 Å². The number of carbonyl (C=O) groups excluding carboxylic acids is 2. The second-order valence-electron chi connectivity index (χ2n) is 6.48. The molecule has 0 radical (unpaired) electrons. The maximum Gasteiger partial charge on any atom is 0.319 e. The van der Waals surface area contributed by atoms with Crippen molar-refractivity contribution < 1.29 is 19.5 Å². The minimum absolute atomic E-state index is 0.0473. The highest BCUT2D eigenvalue weighted by molar-refractivity contribution is 5.81. The number of benzene rings is 1. The Bertz CT molecular complexity index is 610. The van der Waals surface area contributed by atoms with Crippen LogP contribution in [0.4, 0.5) is 4.79 Å². The Kier molecular flexibility index (Phi) is 6.38. The Morgan fingerprint density at radius 2 is 1.80 bits per heavy atom. The smallest absolute Gasteiger partial charge is 0.319 e. The van der Waals surface area contributed by atoms with Gasteiger partial charge in [-0.1, -0.05) is 30.3 Å². The molecule has 1 unspecified atom stereocenters. The Hall–Kier alpha value is -2.57. The first-order valence-electron chi connectivity index (χ1n) is 8.42. The number of aliphatic carboxylic acids is 1. The fourth-order valence-corrected chi connectivity index (χ4v) is 3.00. The van der Waals surface area contributed by atoms with Crippen molar-refractivity contribution >= 4 is 17.9 Å². The standard InChI is InChI=1S/C18H25N3O4/c1-20(2)18(25)21-10-8-14(9-11-21)16(22)19-12-15(17(23)24)13-6-4-3-5-7-13/h3-7,14-15H,8-12H2,1-2H3,(H,19,22)(H,23,24). The Balaban J connectivity index is 1.86. The van der Waals surface area contributed by atoms with Crippen molar-refractivity contribution in [1.29, 1.82) is 0 Å². The van der Waals surface area contributed by atoms with Crippen LogP contribution in [0.2, 0.25) is 0 Å². The molecule has 1 aromatic rings. The Labute approximate surface area is 147 Å². The van der Waals surface area contributed by atoms with Gasteiger partial charge in [0.05, 0.1) is 5.92 Å². The lowest BCUT2D eigenvalue weighted by atomic mass is 9.95. The van der Waals surface area contributed by atoms with Crippen molar-refractivity contribution in [3.05, 3.63) is 35.9 Å². The molecule has 7 heteroatoms. The molecule has 1 saturated heterocycles. The molecule has 136 valence electrons. The average Bonchev–Trinajstić information content (AvgIpc) is 2.61. The van der Waals surface area contributed by atoms with Crippen LogP contribution >= 0.6 is 0 Å². The molecule has 0 spiro atoms. The van der Waals surface area contributed by atoms with E-state index in [1.807, 2.05) is 6.07 Å². The summed E-state index contributed by atoms with van der Waals surface area (Å²) in [5.41, 5.74) is 0.668. The summed E-state index contributed by atoms with van der Waals surface area (Å²) in [7, 11) is 3.41. The molecule has 2 rings (SSSR count). The molecular weight excluding hydrogens is 322 g/mol. The third-order valence-electron chi connectivity index (χ3n) is 4.50. The first kappa shape index (κ1) is 18.8. The number of piperidine rings is 1. The summed E-state index contributed by atoms with van der Waals surface area (Å²) in [4.78, 5) is 39.0. The third-order valence-corrected chi connectivity index (χ3v) is 4.50. The fraction of sp³-hybridized carbons (Fsp3) is 0.500. The lowest BCUT2D eigenvalue weighted by molar-refractivity contribution is -0.138. The van der Waals surface area contributed by atoms with E-state index in [0.29, 0.717) is 31.5 Å². The van der Waals surface area contributed by atoms with Crippen molar-refractivity contribution in [2.75, 3.05) is 33.7 Å².